The van der Waals surface area contributed by atoms with Gasteiger partial charge in [0.25, 0.3) is 0 Å². The Morgan fingerprint density at radius 2 is 1.81 bits per heavy atom. The summed E-state index contributed by atoms with van der Waals surface area (Å²) >= 11 is 0. The van der Waals surface area contributed by atoms with E-state index in [0.29, 0.717) is 13.0 Å². The summed E-state index contributed by atoms with van der Waals surface area (Å²) in [6.45, 7) is 10.9. The Balaban J connectivity index is 1.54. The quantitative estimate of drug-likeness (QED) is 0.822. The van der Waals surface area contributed by atoms with Crippen LogP contribution in [0.1, 0.15) is 32.3 Å². The number of hydrogen-bond donors (Lipinski definition) is 1. The van der Waals surface area contributed by atoms with Crippen molar-refractivity contribution in [1.82, 2.24) is 15.1 Å². The number of piperazine rings is 1. The van der Waals surface area contributed by atoms with Gasteiger partial charge in [0.1, 0.15) is 6.04 Å². The SMILES string of the molecule is CCN1CCN(CCNC(=O)[C@@H](C)N2C(=O)CCCc3ccccc32)CC1. The van der Waals surface area contributed by atoms with Crippen LogP contribution < -0.4 is 10.2 Å². The van der Waals surface area contributed by atoms with Crippen LogP contribution in [-0.4, -0.2) is 73.5 Å². The number of likely N-dealkylation sites (N-methyl/N-ethyl adjacent to an activating group) is 1. The Kier molecular flexibility index (Phi) is 6.85. The Hall–Kier alpha value is -1.92. The van der Waals surface area contributed by atoms with Crippen molar-refractivity contribution in [3.05, 3.63) is 29.8 Å². The molecule has 6 heteroatoms. The molecule has 27 heavy (non-hydrogen) atoms. The largest absolute Gasteiger partial charge is 0.353 e. The third-order valence-corrected chi connectivity index (χ3v) is 5.76. The molecule has 1 aromatic carbocycles. The second kappa shape index (κ2) is 9.33. The van der Waals surface area contributed by atoms with Crippen LogP contribution >= 0.6 is 0 Å². The molecular weight excluding hydrogens is 340 g/mol. The number of anilines is 1. The molecule has 0 spiro atoms. The molecule has 1 aromatic rings. The molecule has 1 fully saturated rings. The average Bonchev–Trinajstić information content (AvgIpc) is 2.86. The third kappa shape index (κ3) is 4.87. The molecule has 1 saturated heterocycles. The van der Waals surface area contributed by atoms with Crippen LogP contribution in [0.5, 0.6) is 0 Å². The van der Waals surface area contributed by atoms with Gasteiger partial charge in [-0.2, -0.15) is 0 Å². The van der Waals surface area contributed by atoms with E-state index in [-0.39, 0.29) is 11.8 Å². The molecule has 0 bridgehead atoms. The Morgan fingerprint density at radius 3 is 2.56 bits per heavy atom. The van der Waals surface area contributed by atoms with E-state index < -0.39 is 6.04 Å². The molecule has 0 saturated carbocycles. The van der Waals surface area contributed by atoms with Gasteiger partial charge in [-0.05, 0) is 37.9 Å². The highest BCUT2D eigenvalue weighted by Crippen LogP contribution is 2.28. The Labute approximate surface area is 162 Å². The maximum atomic E-state index is 12.7. The van der Waals surface area contributed by atoms with E-state index in [4.69, 9.17) is 0 Å². The fourth-order valence-corrected chi connectivity index (χ4v) is 4.00. The average molecular weight is 373 g/mol. The van der Waals surface area contributed by atoms with Gasteiger partial charge in [0.05, 0.1) is 0 Å². The summed E-state index contributed by atoms with van der Waals surface area (Å²) in [7, 11) is 0. The van der Waals surface area contributed by atoms with Crippen LogP contribution in [0, 0.1) is 0 Å². The number of carbonyl (C=O) groups is 2. The number of benzene rings is 1. The van der Waals surface area contributed by atoms with Crippen LogP contribution in [0.4, 0.5) is 5.69 Å². The fraction of sp³-hybridized carbons (Fsp3) is 0.619. The number of nitrogens with zero attached hydrogens (tertiary/aromatic N) is 3. The van der Waals surface area contributed by atoms with Crippen molar-refractivity contribution in [1.29, 1.82) is 0 Å². The highest BCUT2D eigenvalue weighted by Gasteiger charge is 2.30. The van der Waals surface area contributed by atoms with Gasteiger partial charge in [-0.1, -0.05) is 25.1 Å². The minimum Gasteiger partial charge on any atom is -0.353 e. The number of carbonyl (C=O) groups excluding carboxylic acids is 2. The van der Waals surface area contributed by atoms with Crippen molar-refractivity contribution in [3.63, 3.8) is 0 Å². The number of amides is 2. The molecule has 2 aliphatic heterocycles. The number of para-hydroxylation sites is 1. The lowest BCUT2D eigenvalue weighted by atomic mass is 10.1. The molecule has 0 unspecified atom stereocenters. The number of aryl methyl sites for hydroxylation is 1. The minimum absolute atomic E-state index is 0.0401. The second-order valence-electron chi connectivity index (χ2n) is 7.49. The third-order valence-electron chi connectivity index (χ3n) is 5.76. The highest BCUT2D eigenvalue weighted by molar-refractivity contribution is 6.01. The van der Waals surface area contributed by atoms with Crippen LogP contribution in [0.15, 0.2) is 24.3 Å². The molecule has 2 amide bonds. The molecule has 6 nitrogen and oxygen atoms in total. The summed E-state index contributed by atoms with van der Waals surface area (Å²) in [5.41, 5.74) is 2.04. The molecule has 1 N–H and O–H groups in total. The molecule has 1 atom stereocenters. The number of rotatable bonds is 6. The predicted molar refractivity (Wildman–Crippen MR) is 108 cm³/mol. The lowest BCUT2D eigenvalue weighted by molar-refractivity contribution is -0.126. The van der Waals surface area contributed by atoms with Gasteiger partial charge < -0.3 is 10.2 Å². The van der Waals surface area contributed by atoms with E-state index in [2.05, 4.69) is 28.1 Å². The van der Waals surface area contributed by atoms with E-state index in [1.54, 1.807) is 4.90 Å². The second-order valence-corrected chi connectivity index (χ2v) is 7.49. The van der Waals surface area contributed by atoms with Crippen molar-refractivity contribution in [2.24, 2.45) is 0 Å². The summed E-state index contributed by atoms with van der Waals surface area (Å²) in [6.07, 6.45) is 2.22. The first-order chi connectivity index (χ1) is 13.1. The molecule has 0 radical (unpaired) electrons. The molecule has 0 aliphatic carbocycles. The van der Waals surface area contributed by atoms with Crippen molar-refractivity contribution < 1.29 is 9.59 Å². The van der Waals surface area contributed by atoms with E-state index in [0.717, 1.165) is 63.4 Å². The van der Waals surface area contributed by atoms with E-state index in [1.807, 2.05) is 25.1 Å². The Bertz CT molecular complexity index is 655. The molecule has 2 heterocycles. The standard InChI is InChI=1S/C21H32N4O2/c1-3-23-13-15-24(16-14-23)12-11-22-21(27)17(2)25-19-9-5-4-7-18(19)8-6-10-20(25)26/h4-5,7,9,17H,3,6,8,10-16H2,1-2H3,(H,22,27)/t17-/m1/s1. The topological polar surface area (TPSA) is 55.9 Å². The van der Waals surface area contributed by atoms with Crippen LogP contribution in [0.25, 0.3) is 0 Å². The maximum absolute atomic E-state index is 12.7. The van der Waals surface area contributed by atoms with E-state index >= 15 is 0 Å². The normalized spacial score (nSPS) is 20.1. The van der Waals surface area contributed by atoms with Gasteiger partial charge in [0.2, 0.25) is 11.8 Å². The van der Waals surface area contributed by atoms with Crippen LogP contribution in [0.3, 0.4) is 0 Å². The van der Waals surface area contributed by atoms with Crippen molar-refractivity contribution in [2.45, 2.75) is 39.2 Å². The van der Waals surface area contributed by atoms with Crippen LogP contribution in [-0.2, 0) is 16.0 Å². The first kappa shape index (κ1) is 19.8. The summed E-state index contributed by atoms with van der Waals surface area (Å²) < 4.78 is 0. The fourth-order valence-electron chi connectivity index (χ4n) is 4.00. The monoisotopic (exact) mass is 372 g/mol. The van der Waals surface area contributed by atoms with E-state index in [1.165, 1.54) is 0 Å². The molecule has 148 valence electrons. The van der Waals surface area contributed by atoms with Crippen LogP contribution in [0.2, 0.25) is 0 Å². The number of fused-ring (bicyclic) bond motifs is 1. The summed E-state index contributed by atoms with van der Waals surface area (Å²) in [4.78, 5) is 31.9. The lowest BCUT2D eigenvalue weighted by Crippen LogP contribution is -2.51. The lowest BCUT2D eigenvalue weighted by Gasteiger charge is -2.34. The van der Waals surface area contributed by atoms with Crippen molar-refractivity contribution in [3.8, 4) is 0 Å². The molecule has 0 aromatic heterocycles. The van der Waals surface area contributed by atoms with Gasteiger partial charge in [-0.3, -0.25) is 19.4 Å². The molecule has 2 aliphatic rings. The number of hydrogen-bond acceptors (Lipinski definition) is 4. The predicted octanol–water partition coefficient (Wildman–Crippen LogP) is 1.50. The van der Waals surface area contributed by atoms with Crippen molar-refractivity contribution in [2.75, 3.05) is 50.7 Å². The van der Waals surface area contributed by atoms with Crippen molar-refractivity contribution >= 4 is 17.5 Å². The molecule has 3 rings (SSSR count). The smallest absolute Gasteiger partial charge is 0.242 e. The number of nitrogens with one attached hydrogen (secondary N) is 1. The summed E-state index contributed by atoms with van der Waals surface area (Å²) in [5.74, 6) is -0.0365. The summed E-state index contributed by atoms with van der Waals surface area (Å²) in [5, 5.41) is 3.04. The maximum Gasteiger partial charge on any atom is 0.242 e. The van der Waals surface area contributed by atoms with Gasteiger partial charge in [0, 0.05) is 51.4 Å². The zero-order valence-corrected chi connectivity index (χ0v) is 16.6. The summed E-state index contributed by atoms with van der Waals surface area (Å²) in [6, 6.07) is 7.45. The van der Waals surface area contributed by atoms with Gasteiger partial charge >= 0.3 is 0 Å². The first-order valence-electron chi connectivity index (χ1n) is 10.2. The zero-order chi connectivity index (χ0) is 19.2. The van der Waals surface area contributed by atoms with Gasteiger partial charge in [-0.25, -0.2) is 0 Å². The van der Waals surface area contributed by atoms with Gasteiger partial charge in [-0.15, -0.1) is 0 Å². The van der Waals surface area contributed by atoms with Gasteiger partial charge in [0.15, 0.2) is 0 Å². The first-order valence-corrected chi connectivity index (χ1v) is 10.2. The molecular formula is C21H32N4O2. The minimum atomic E-state index is -0.492. The van der Waals surface area contributed by atoms with E-state index in [9.17, 15) is 9.59 Å². The zero-order valence-electron chi connectivity index (χ0n) is 16.6. The highest BCUT2D eigenvalue weighted by atomic mass is 16.2. The Morgan fingerprint density at radius 1 is 1.11 bits per heavy atom.